The Balaban J connectivity index is 1.39. The van der Waals surface area contributed by atoms with Gasteiger partial charge in [-0.1, -0.05) is 46.3 Å². The van der Waals surface area contributed by atoms with E-state index in [1.165, 1.54) is 0 Å². The summed E-state index contributed by atoms with van der Waals surface area (Å²) < 4.78 is 14.9. The van der Waals surface area contributed by atoms with Crippen molar-refractivity contribution in [1.82, 2.24) is 4.57 Å². The molecule has 0 saturated heterocycles. The fourth-order valence-corrected chi connectivity index (χ4v) is 4.44. The van der Waals surface area contributed by atoms with Gasteiger partial charge in [-0.3, -0.25) is 9.59 Å². The summed E-state index contributed by atoms with van der Waals surface area (Å²) in [5, 5.41) is 1.07. The second-order valence-corrected chi connectivity index (χ2v) is 9.03. The summed E-state index contributed by atoms with van der Waals surface area (Å²) in [6, 6.07) is 18.6. The first-order valence-electron chi connectivity index (χ1n) is 11.0. The molecule has 1 aliphatic rings. The number of fused-ring (bicyclic) bond motifs is 2. The van der Waals surface area contributed by atoms with Crippen LogP contribution in [0.5, 0.6) is 11.5 Å². The van der Waals surface area contributed by atoms with Crippen LogP contribution in [0, 0.1) is 6.92 Å². The standard InChI is InChI=1S/C28H22BrNO4/c1-3-30-15-19(21-6-4-5-7-23(21)30)14-26-27(32)22-12-13-25(17(2)28(22)34-26)33-16-24(31)18-8-10-20(29)11-9-18/h4-15H,3,16H2,1-2H3/b26-14-. The van der Waals surface area contributed by atoms with Gasteiger partial charge >= 0.3 is 0 Å². The van der Waals surface area contributed by atoms with Crippen molar-refractivity contribution in [2.24, 2.45) is 0 Å². The van der Waals surface area contributed by atoms with Crippen LogP contribution in [0.3, 0.4) is 0 Å². The van der Waals surface area contributed by atoms with E-state index in [0.717, 1.165) is 27.5 Å². The second-order valence-electron chi connectivity index (χ2n) is 8.11. The summed E-state index contributed by atoms with van der Waals surface area (Å²) >= 11 is 3.37. The van der Waals surface area contributed by atoms with Gasteiger partial charge < -0.3 is 14.0 Å². The highest BCUT2D eigenvalue weighted by atomic mass is 79.9. The smallest absolute Gasteiger partial charge is 0.231 e. The third-order valence-corrected chi connectivity index (χ3v) is 6.54. The molecule has 0 unspecified atom stereocenters. The molecule has 0 spiro atoms. The number of hydrogen-bond acceptors (Lipinski definition) is 4. The van der Waals surface area contributed by atoms with Gasteiger partial charge in [0.15, 0.2) is 18.1 Å². The lowest BCUT2D eigenvalue weighted by Crippen LogP contribution is -2.12. The number of nitrogens with zero attached hydrogens (tertiary/aromatic N) is 1. The molecule has 0 atom stereocenters. The molecule has 0 amide bonds. The first-order valence-corrected chi connectivity index (χ1v) is 11.8. The van der Waals surface area contributed by atoms with Gasteiger partial charge in [-0.2, -0.15) is 0 Å². The monoisotopic (exact) mass is 515 g/mol. The van der Waals surface area contributed by atoms with Gasteiger partial charge in [-0.15, -0.1) is 0 Å². The molecule has 6 heteroatoms. The number of aryl methyl sites for hydroxylation is 1. The van der Waals surface area contributed by atoms with Crippen LogP contribution >= 0.6 is 15.9 Å². The van der Waals surface area contributed by atoms with Crippen LogP contribution in [-0.2, 0) is 6.54 Å². The Morgan fingerprint density at radius 1 is 1.09 bits per heavy atom. The number of para-hydroxylation sites is 1. The molecule has 34 heavy (non-hydrogen) atoms. The Morgan fingerprint density at radius 2 is 1.85 bits per heavy atom. The molecule has 0 radical (unpaired) electrons. The van der Waals surface area contributed by atoms with E-state index < -0.39 is 0 Å². The molecule has 1 aromatic heterocycles. The molecule has 5 rings (SSSR count). The molecule has 0 aliphatic carbocycles. The zero-order valence-electron chi connectivity index (χ0n) is 18.8. The van der Waals surface area contributed by atoms with Crippen LogP contribution in [0.1, 0.15) is 38.8 Å². The van der Waals surface area contributed by atoms with E-state index in [2.05, 4.69) is 33.5 Å². The molecule has 1 aliphatic heterocycles. The minimum Gasteiger partial charge on any atom is -0.485 e. The van der Waals surface area contributed by atoms with Crippen molar-refractivity contribution in [2.75, 3.05) is 6.61 Å². The normalized spacial score (nSPS) is 13.9. The molecule has 170 valence electrons. The van der Waals surface area contributed by atoms with Gasteiger partial charge in [0.05, 0.1) is 5.56 Å². The van der Waals surface area contributed by atoms with Gasteiger partial charge in [-0.25, -0.2) is 0 Å². The maximum atomic E-state index is 13.1. The van der Waals surface area contributed by atoms with Crippen LogP contribution in [0.15, 0.2) is 77.1 Å². The lowest BCUT2D eigenvalue weighted by Gasteiger charge is -2.11. The number of aromatic nitrogens is 1. The van der Waals surface area contributed by atoms with Crippen molar-refractivity contribution in [2.45, 2.75) is 20.4 Å². The second kappa shape index (κ2) is 8.95. The lowest BCUT2D eigenvalue weighted by atomic mass is 10.1. The highest BCUT2D eigenvalue weighted by molar-refractivity contribution is 9.10. The molecule has 4 aromatic rings. The number of ketones is 2. The van der Waals surface area contributed by atoms with Crippen LogP contribution in [0.25, 0.3) is 17.0 Å². The maximum absolute atomic E-state index is 13.1. The van der Waals surface area contributed by atoms with Crippen molar-refractivity contribution in [3.05, 3.63) is 99.3 Å². The van der Waals surface area contributed by atoms with Gasteiger partial charge in [0.25, 0.3) is 0 Å². The van der Waals surface area contributed by atoms with Crippen molar-refractivity contribution in [3.63, 3.8) is 0 Å². The zero-order chi connectivity index (χ0) is 23.8. The molecule has 3 aromatic carbocycles. The van der Waals surface area contributed by atoms with E-state index in [-0.39, 0.29) is 23.9 Å². The van der Waals surface area contributed by atoms with Crippen molar-refractivity contribution in [3.8, 4) is 11.5 Å². The fourth-order valence-electron chi connectivity index (χ4n) is 4.18. The number of hydrogen-bond donors (Lipinski definition) is 0. The van der Waals surface area contributed by atoms with Crippen LogP contribution < -0.4 is 9.47 Å². The van der Waals surface area contributed by atoms with Crippen LogP contribution in [-0.4, -0.2) is 22.7 Å². The molecular formula is C28H22BrNO4. The number of halogens is 1. The Bertz CT molecular complexity index is 1460. The largest absolute Gasteiger partial charge is 0.485 e. The Kier molecular flexibility index (Phi) is 5.84. The van der Waals surface area contributed by atoms with E-state index in [9.17, 15) is 9.59 Å². The summed E-state index contributed by atoms with van der Waals surface area (Å²) in [5.41, 5.74) is 3.80. The first kappa shape index (κ1) is 22.2. The molecule has 5 nitrogen and oxygen atoms in total. The summed E-state index contributed by atoms with van der Waals surface area (Å²) in [6.45, 7) is 4.65. The molecular weight excluding hydrogens is 494 g/mol. The Labute approximate surface area is 205 Å². The van der Waals surface area contributed by atoms with Crippen molar-refractivity contribution >= 4 is 44.5 Å². The van der Waals surface area contributed by atoms with E-state index >= 15 is 0 Å². The van der Waals surface area contributed by atoms with E-state index in [1.54, 1.807) is 30.3 Å². The SMILES string of the molecule is CCn1cc(/C=C2\Oc3c(ccc(OCC(=O)c4ccc(Br)cc4)c3C)C2=O)c2ccccc21. The average molecular weight is 516 g/mol. The van der Waals surface area contributed by atoms with Gasteiger partial charge in [0, 0.05) is 44.8 Å². The third-order valence-electron chi connectivity index (χ3n) is 6.01. The fraction of sp³-hybridized carbons (Fsp3) is 0.143. The maximum Gasteiger partial charge on any atom is 0.231 e. The molecule has 0 fully saturated rings. The minimum absolute atomic E-state index is 0.103. The summed E-state index contributed by atoms with van der Waals surface area (Å²) in [4.78, 5) is 25.5. The molecule has 0 bridgehead atoms. The van der Waals surface area contributed by atoms with Crippen LogP contribution in [0.4, 0.5) is 0 Å². The minimum atomic E-state index is -0.163. The van der Waals surface area contributed by atoms with Gasteiger partial charge in [0.1, 0.15) is 11.5 Å². The first-order chi connectivity index (χ1) is 16.5. The van der Waals surface area contributed by atoms with Crippen LogP contribution in [0.2, 0.25) is 0 Å². The summed E-state index contributed by atoms with van der Waals surface area (Å²) in [5.74, 6) is 0.978. The lowest BCUT2D eigenvalue weighted by molar-refractivity contribution is 0.0920. The highest BCUT2D eigenvalue weighted by Crippen LogP contribution is 2.39. The van der Waals surface area contributed by atoms with E-state index in [4.69, 9.17) is 9.47 Å². The predicted molar refractivity (Wildman–Crippen MR) is 136 cm³/mol. The number of Topliss-reactive ketones (excluding diaryl/α,β-unsaturated/α-hetero) is 2. The molecule has 0 N–H and O–H groups in total. The number of carbonyl (C=O) groups is 2. The predicted octanol–water partition coefficient (Wildman–Crippen LogP) is 6.61. The topological polar surface area (TPSA) is 57.5 Å². The molecule has 0 saturated carbocycles. The quantitative estimate of drug-likeness (QED) is 0.214. The number of ether oxygens (including phenoxy) is 2. The van der Waals surface area contributed by atoms with E-state index in [1.807, 2.05) is 43.5 Å². The zero-order valence-corrected chi connectivity index (χ0v) is 20.4. The number of benzene rings is 3. The van der Waals surface area contributed by atoms with Gasteiger partial charge in [0.2, 0.25) is 5.78 Å². The van der Waals surface area contributed by atoms with E-state index in [0.29, 0.717) is 28.2 Å². The average Bonchev–Trinajstić information content (AvgIpc) is 3.37. The van der Waals surface area contributed by atoms with Gasteiger partial charge in [-0.05, 0) is 50.3 Å². The number of carbonyl (C=O) groups excluding carboxylic acids is 2. The summed E-state index contributed by atoms with van der Waals surface area (Å²) in [6.07, 6.45) is 3.83. The number of allylic oxidation sites excluding steroid dienone is 1. The third kappa shape index (κ3) is 3.94. The van der Waals surface area contributed by atoms with Crippen molar-refractivity contribution in [1.29, 1.82) is 0 Å². The van der Waals surface area contributed by atoms with Crippen molar-refractivity contribution < 1.29 is 19.1 Å². The Morgan fingerprint density at radius 3 is 2.62 bits per heavy atom. The summed E-state index contributed by atoms with van der Waals surface area (Å²) in [7, 11) is 0. The highest BCUT2D eigenvalue weighted by Gasteiger charge is 2.30. The number of rotatable bonds is 6. The Hall–Kier alpha value is -3.64. The molecule has 2 heterocycles.